The zero-order valence-corrected chi connectivity index (χ0v) is 19.5. The van der Waals surface area contributed by atoms with E-state index in [4.69, 9.17) is 9.47 Å². The predicted molar refractivity (Wildman–Crippen MR) is 119 cm³/mol. The molecule has 1 aromatic carbocycles. The molecule has 0 aliphatic carbocycles. The van der Waals surface area contributed by atoms with E-state index in [0.717, 1.165) is 17.4 Å². The second kappa shape index (κ2) is 8.75. The first-order valence-electron chi connectivity index (χ1n) is 10.4. The molecule has 3 aromatic rings. The third kappa shape index (κ3) is 4.08. The van der Waals surface area contributed by atoms with Crippen LogP contribution in [-0.2, 0) is 17.7 Å². The molecule has 2 aromatic heterocycles. The van der Waals surface area contributed by atoms with Gasteiger partial charge in [0.15, 0.2) is 16.5 Å². The largest absolute Gasteiger partial charge is 0.491 e. The van der Waals surface area contributed by atoms with Gasteiger partial charge in [-0.25, -0.2) is 8.78 Å². The van der Waals surface area contributed by atoms with Gasteiger partial charge < -0.3 is 14.0 Å². The van der Waals surface area contributed by atoms with Crippen LogP contribution in [0.4, 0.5) is 8.78 Å². The Morgan fingerprint density at radius 2 is 2.00 bits per heavy atom. The number of ketones is 1. The summed E-state index contributed by atoms with van der Waals surface area (Å²) in [4.78, 5) is 26.5. The number of hydrogen-bond acceptors (Lipinski definition) is 7. The Kier molecular flexibility index (Phi) is 6.15. The molecule has 7 nitrogen and oxygen atoms in total. The summed E-state index contributed by atoms with van der Waals surface area (Å²) in [5, 5.41) is 8.95. The number of carbonyl (C=O) groups excluding carboxylic acids is 1. The summed E-state index contributed by atoms with van der Waals surface area (Å²) >= 11 is 1.12. The number of Topliss-reactive ketones (excluding diaryl/α,β-unsaturated/α-hetero) is 1. The lowest BCUT2D eigenvalue weighted by atomic mass is 9.77. The number of rotatable bonds is 6. The average Bonchev–Trinajstić information content (AvgIpc) is 3.22. The standard InChI is InChI=1S/C23H23F2N3O4S/c1-5-32-16-11-28-10-14(19(29)20(31-4)18(28)21(30)23(16,2)3)22-27-26-17(33-22)8-12-6-7-13(24)9-15(12)25/h6-7,9-10,16H,5,8,11H2,1-4H3/t16-/m0/s1. The van der Waals surface area contributed by atoms with Gasteiger partial charge in [0, 0.05) is 25.3 Å². The zero-order chi connectivity index (χ0) is 23.9. The van der Waals surface area contributed by atoms with Gasteiger partial charge in [0.2, 0.25) is 5.43 Å². The first kappa shape index (κ1) is 23.2. The molecule has 0 unspecified atom stereocenters. The van der Waals surface area contributed by atoms with E-state index in [0.29, 0.717) is 23.2 Å². The van der Waals surface area contributed by atoms with Gasteiger partial charge in [-0.3, -0.25) is 9.59 Å². The molecule has 0 fully saturated rings. The average molecular weight is 476 g/mol. The fourth-order valence-electron chi connectivity index (χ4n) is 3.94. The van der Waals surface area contributed by atoms with Gasteiger partial charge in [-0.2, -0.15) is 0 Å². The molecular formula is C23H23F2N3O4S. The maximum Gasteiger partial charge on any atom is 0.234 e. The molecular weight excluding hydrogens is 452 g/mol. The molecule has 3 heterocycles. The molecule has 0 saturated heterocycles. The van der Waals surface area contributed by atoms with Gasteiger partial charge >= 0.3 is 0 Å². The summed E-state index contributed by atoms with van der Waals surface area (Å²) in [6, 6.07) is 3.34. The molecule has 0 amide bonds. The minimum Gasteiger partial charge on any atom is -0.491 e. The van der Waals surface area contributed by atoms with E-state index in [9.17, 15) is 18.4 Å². The van der Waals surface area contributed by atoms with Crippen LogP contribution in [-0.4, -0.2) is 40.4 Å². The van der Waals surface area contributed by atoms with Gasteiger partial charge in [0.25, 0.3) is 0 Å². The summed E-state index contributed by atoms with van der Waals surface area (Å²) in [5.41, 5.74) is -0.608. The van der Waals surface area contributed by atoms with Crippen LogP contribution in [0.2, 0.25) is 0 Å². The van der Waals surface area contributed by atoms with Crippen molar-refractivity contribution in [3.63, 3.8) is 0 Å². The van der Waals surface area contributed by atoms with Crippen LogP contribution >= 0.6 is 11.3 Å². The molecule has 0 N–H and O–H groups in total. The number of nitrogens with zero attached hydrogens (tertiary/aromatic N) is 3. The van der Waals surface area contributed by atoms with Crippen molar-refractivity contribution in [2.45, 2.75) is 39.8 Å². The highest BCUT2D eigenvalue weighted by Crippen LogP contribution is 2.37. The molecule has 1 aliphatic heterocycles. The maximum atomic E-state index is 14.0. The Balaban J connectivity index is 1.75. The number of fused-ring (bicyclic) bond motifs is 1. The predicted octanol–water partition coefficient (Wildman–Crippen LogP) is 3.87. The number of ether oxygens (including phenoxy) is 2. The van der Waals surface area contributed by atoms with Crippen molar-refractivity contribution in [2.24, 2.45) is 5.41 Å². The lowest BCUT2D eigenvalue weighted by Gasteiger charge is -2.39. The van der Waals surface area contributed by atoms with Crippen LogP contribution in [0.1, 0.15) is 41.8 Å². The van der Waals surface area contributed by atoms with Gasteiger partial charge in [0.05, 0.1) is 30.7 Å². The van der Waals surface area contributed by atoms with E-state index in [-0.39, 0.29) is 40.9 Å². The fourth-order valence-corrected chi connectivity index (χ4v) is 4.81. The number of carbonyl (C=O) groups is 1. The molecule has 33 heavy (non-hydrogen) atoms. The lowest BCUT2D eigenvalue weighted by molar-refractivity contribution is -0.0277. The monoisotopic (exact) mass is 475 g/mol. The van der Waals surface area contributed by atoms with E-state index >= 15 is 0 Å². The minimum atomic E-state index is -0.827. The van der Waals surface area contributed by atoms with Crippen LogP contribution in [0.5, 0.6) is 5.75 Å². The van der Waals surface area contributed by atoms with Crippen LogP contribution in [0.15, 0.2) is 29.2 Å². The first-order chi connectivity index (χ1) is 15.7. The molecule has 4 rings (SSSR count). The van der Waals surface area contributed by atoms with Crippen molar-refractivity contribution in [3.8, 4) is 16.3 Å². The smallest absolute Gasteiger partial charge is 0.234 e. The number of pyridine rings is 1. The van der Waals surface area contributed by atoms with Gasteiger partial charge in [-0.15, -0.1) is 10.2 Å². The molecule has 1 atom stereocenters. The van der Waals surface area contributed by atoms with Crippen LogP contribution in [0.3, 0.4) is 0 Å². The molecule has 0 bridgehead atoms. The summed E-state index contributed by atoms with van der Waals surface area (Å²) in [6.07, 6.45) is 1.29. The third-order valence-corrected chi connectivity index (χ3v) is 6.79. The molecule has 174 valence electrons. The molecule has 0 saturated carbocycles. The Labute approximate surface area is 193 Å². The van der Waals surface area contributed by atoms with Crippen molar-refractivity contribution in [2.75, 3.05) is 13.7 Å². The van der Waals surface area contributed by atoms with E-state index in [1.165, 1.54) is 19.2 Å². The molecule has 1 aliphatic rings. The Hall–Kier alpha value is -2.98. The van der Waals surface area contributed by atoms with Gasteiger partial charge in [-0.1, -0.05) is 17.4 Å². The Bertz CT molecular complexity index is 1290. The van der Waals surface area contributed by atoms with Gasteiger partial charge in [-0.05, 0) is 32.4 Å². The van der Waals surface area contributed by atoms with Gasteiger partial charge in [0.1, 0.15) is 22.3 Å². The number of aromatic nitrogens is 3. The highest BCUT2D eigenvalue weighted by Gasteiger charge is 2.45. The maximum absolute atomic E-state index is 14.0. The highest BCUT2D eigenvalue weighted by molar-refractivity contribution is 7.14. The van der Waals surface area contributed by atoms with Crippen molar-refractivity contribution in [1.29, 1.82) is 0 Å². The third-order valence-electron chi connectivity index (χ3n) is 5.83. The normalized spacial score (nSPS) is 17.2. The second-order valence-electron chi connectivity index (χ2n) is 8.31. The Morgan fingerprint density at radius 3 is 2.67 bits per heavy atom. The second-order valence-corrected chi connectivity index (χ2v) is 9.38. The van der Waals surface area contributed by atoms with E-state index in [1.54, 1.807) is 24.6 Å². The minimum absolute atomic E-state index is 0.0538. The number of benzene rings is 1. The SMILES string of the molecule is CCO[C@H]1Cn2cc(-c3nnc(Cc4ccc(F)cc4F)s3)c(=O)c(OC)c2C(=O)C1(C)C. The van der Waals surface area contributed by atoms with Crippen LogP contribution in [0.25, 0.3) is 10.6 Å². The quantitative estimate of drug-likeness (QED) is 0.538. The van der Waals surface area contributed by atoms with Crippen molar-refractivity contribution in [3.05, 3.63) is 62.5 Å². The number of halogens is 2. The lowest BCUT2D eigenvalue weighted by Crippen LogP contribution is -2.48. The summed E-state index contributed by atoms with van der Waals surface area (Å²) in [5.74, 6) is -1.63. The highest BCUT2D eigenvalue weighted by atomic mass is 32.1. The van der Waals surface area contributed by atoms with Crippen LogP contribution in [0, 0.1) is 17.0 Å². The number of hydrogen-bond donors (Lipinski definition) is 0. The summed E-state index contributed by atoms with van der Waals surface area (Å²) in [6.45, 7) is 6.25. The van der Waals surface area contributed by atoms with Crippen molar-refractivity contribution >= 4 is 17.1 Å². The molecule has 0 spiro atoms. The van der Waals surface area contributed by atoms with E-state index < -0.39 is 22.5 Å². The fraction of sp³-hybridized carbons (Fsp3) is 0.391. The topological polar surface area (TPSA) is 83.3 Å². The van der Waals surface area contributed by atoms with Crippen LogP contribution < -0.4 is 10.2 Å². The first-order valence-corrected chi connectivity index (χ1v) is 11.2. The van der Waals surface area contributed by atoms with Crippen molar-refractivity contribution < 1.29 is 23.0 Å². The summed E-state index contributed by atoms with van der Waals surface area (Å²) < 4.78 is 40.0. The zero-order valence-electron chi connectivity index (χ0n) is 18.6. The number of methoxy groups -OCH3 is 1. The van der Waals surface area contributed by atoms with E-state index in [1.807, 2.05) is 6.92 Å². The molecule has 0 radical (unpaired) electrons. The van der Waals surface area contributed by atoms with E-state index in [2.05, 4.69) is 10.2 Å². The summed E-state index contributed by atoms with van der Waals surface area (Å²) in [7, 11) is 1.35. The molecule has 10 heteroatoms. The Morgan fingerprint density at radius 1 is 1.24 bits per heavy atom. The van der Waals surface area contributed by atoms with Crippen molar-refractivity contribution in [1.82, 2.24) is 14.8 Å².